The zero-order chi connectivity index (χ0) is 41.6. The number of ether oxygens (including phenoxy) is 13. The van der Waals surface area contributed by atoms with Gasteiger partial charge in [-0.3, -0.25) is 9.59 Å². The number of halogens is 5. The maximum absolute atomic E-state index is 13.6. The summed E-state index contributed by atoms with van der Waals surface area (Å²) in [6, 6.07) is 0. The highest BCUT2D eigenvalue weighted by molar-refractivity contribution is 5.72. The Morgan fingerprint density at radius 2 is 0.632 bits per heavy atom. The van der Waals surface area contributed by atoms with E-state index in [1.165, 1.54) is 0 Å². The molecule has 0 saturated carbocycles. The van der Waals surface area contributed by atoms with Gasteiger partial charge >= 0.3 is 11.9 Å². The molecule has 1 aromatic rings. The van der Waals surface area contributed by atoms with Gasteiger partial charge in [-0.25, -0.2) is 13.2 Å². The first-order valence-electron chi connectivity index (χ1n) is 19.0. The lowest BCUT2D eigenvalue weighted by Gasteiger charge is -2.09. The Labute approximate surface area is 330 Å². The van der Waals surface area contributed by atoms with Gasteiger partial charge in [0.25, 0.3) is 0 Å². The molecule has 0 saturated heterocycles. The third-order valence-corrected chi connectivity index (χ3v) is 7.03. The van der Waals surface area contributed by atoms with E-state index in [0.717, 1.165) is 19.3 Å². The zero-order valence-corrected chi connectivity index (χ0v) is 32.8. The molecule has 0 aromatic heterocycles. The van der Waals surface area contributed by atoms with Crippen LogP contribution in [-0.4, -0.2) is 164 Å². The molecule has 0 fully saturated rings. The van der Waals surface area contributed by atoms with E-state index in [4.69, 9.17) is 56.8 Å². The van der Waals surface area contributed by atoms with Crippen LogP contribution in [0.4, 0.5) is 22.0 Å². The Morgan fingerprint density at radius 1 is 0.351 bits per heavy atom. The van der Waals surface area contributed by atoms with Crippen LogP contribution in [0, 0.1) is 29.1 Å². The van der Waals surface area contributed by atoms with Crippen LogP contribution in [0.3, 0.4) is 0 Å². The molecule has 0 aliphatic carbocycles. The molecule has 0 aliphatic heterocycles. The van der Waals surface area contributed by atoms with Crippen molar-refractivity contribution in [1.29, 1.82) is 0 Å². The quantitative estimate of drug-likeness (QED) is 0.0233. The summed E-state index contributed by atoms with van der Waals surface area (Å²) in [6.45, 7) is 10.1. The van der Waals surface area contributed by atoms with Gasteiger partial charge in [0.15, 0.2) is 0 Å². The van der Waals surface area contributed by atoms with E-state index in [1.807, 2.05) is 0 Å². The monoisotopic (exact) mass is 838 g/mol. The Kier molecular flexibility index (Phi) is 34.6. The fourth-order valence-corrected chi connectivity index (χ4v) is 4.10. The molecular formula is C37H59F5O15. The lowest BCUT2D eigenvalue weighted by atomic mass is 10.2. The van der Waals surface area contributed by atoms with Crippen LogP contribution in [0.15, 0.2) is 0 Å². The Morgan fingerprint density at radius 3 is 0.947 bits per heavy atom. The molecule has 332 valence electrons. The first-order valence-corrected chi connectivity index (χ1v) is 19.0. The van der Waals surface area contributed by atoms with Crippen molar-refractivity contribution < 1.29 is 93.1 Å². The van der Waals surface area contributed by atoms with E-state index in [2.05, 4.69) is 11.7 Å². The number of esters is 2. The van der Waals surface area contributed by atoms with Crippen LogP contribution < -0.4 is 4.74 Å². The lowest BCUT2D eigenvalue weighted by molar-refractivity contribution is -0.145. The number of unbranched alkanes of at least 4 members (excludes halogenated alkanes) is 2. The van der Waals surface area contributed by atoms with Crippen LogP contribution in [0.2, 0.25) is 0 Å². The van der Waals surface area contributed by atoms with Crippen LogP contribution in [0.25, 0.3) is 0 Å². The molecule has 0 radical (unpaired) electrons. The van der Waals surface area contributed by atoms with Crippen molar-refractivity contribution in [3.05, 3.63) is 29.1 Å². The summed E-state index contributed by atoms with van der Waals surface area (Å²) in [4.78, 5) is 23.1. The third-order valence-electron chi connectivity index (χ3n) is 7.03. The summed E-state index contributed by atoms with van der Waals surface area (Å²) in [5, 5.41) is 0. The molecule has 0 bridgehead atoms. The average molecular weight is 839 g/mol. The Hall–Kier alpha value is -2.63. The van der Waals surface area contributed by atoms with E-state index < -0.39 is 47.2 Å². The van der Waals surface area contributed by atoms with E-state index in [9.17, 15) is 31.5 Å². The molecule has 0 spiro atoms. The van der Waals surface area contributed by atoms with Crippen molar-refractivity contribution in [2.75, 3.05) is 152 Å². The van der Waals surface area contributed by atoms with Gasteiger partial charge in [0.2, 0.25) is 34.8 Å². The molecule has 0 amide bonds. The molecule has 57 heavy (non-hydrogen) atoms. The number of hydrogen-bond acceptors (Lipinski definition) is 15. The summed E-state index contributed by atoms with van der Waals surface area (Å²) < 4.78 is 135. The zero-order valence-electron chi connectivity index (χ0n) is 32.8. The van der Waals surface area contributed by atoms with Crippen LogP contribution in [-0.2, 0) is 66.4 Å². The van der Waals surface area contributed by atoms with Gasteiger partial charge in [-0.2, -0.15) is 8.78 Å². The second kappa shape index (κ2) is 37.6. The van der Waals surface area contributed by atoms with Crippen molar-refractivity contribution in [2.24, 2.45) is 0 Å². The van der Waals surface area contributed by atoms with Crippen molar-refractivity contribution in [2.45, 2.75) is 39.0 Å². The molecule has 15 nitrogen and oxygen atoms in total. The predicted octanol–water partition coefficient (Wildman–Crippen LogP) is 3.98. The smallest absolute Gasteiger partial charge is 0.313 e. The minimum Gasteiger partial charge on any atom is -0.463 e. The summed E-state index contributed by atoms with van der Waals surface area (Å²) in [5.41, 5.74) is 0. The number of rotatable bonds is 41. The van der Waals surface area contributed by atoms with Gasteiger partial charge in [0, 0.05) is 6.42 Å². The number of carbonyl (C=O) groups excluding carboxylic acids is 2. The van der Waals surface area contributed by atoms with Crippen molar-refractivity contribution in [1.82, 2.24) is 0 Å². The molecule has 0 unspecified atom stereocenters. The lowest BCUT2D eigenvalue weighted by Crippen LogP contribution is -2.16. The van der Waals surface area contributed by atoms with Crippen LogP contribution in [0.5, 0.6) is 5.75 Å². The third kappa shape index (κ3) is 29.3. The maximum Gasteiger partial charge on any atom is 0.313 e. The second-order valence-corrected chi connectivity index (χ2v) is 11.5. The van der Waals surface area contributed by atoms with Crippen molar-refractivity contribution in [3.63, 3.8) is 0 Å². The highest BCUT2D eigenvalue weighted by Gasteiger charge is 2.28. The largest absolute Gasteiger partial charge is 0.463 e. The summed E-state index contributed by atoms with van der Waals surface area (Å²) in [5.74, 6) is -14.3. The summed E-state index contributed by atoms with van der Waals surface area (Å²) >= 11 is 0. The van der Waals surface area contributed by atoms with Gasteiger partial charge in [-0.1, -0.05) is 19.8 Å². The van der Waals surface area contributed by atoms with Crippen molar-refractivity contribution in [3.8, 4) is 5.75 Å². The topological polar surface area (TPSA) is 154 Å². The van der Waals surface area contributed by atoms with Gasteiger partial charge < -0.3 is 61.6 Å². The fraction of sp³-hybridized carbons (Fsp3) is 0.784. The first kappa shape index (κ1) is 52.4. The van der Waals surface area contributed by atoms with Gasteiger partial charge in [-0.15, -0.1) is 0 Å². The molecule has 20 heteroatoms. The van der Waals surface area contributed by atoms with E-state index in [0.29, 0.717) is 125 Å². The Bertz CT molecular complexity index is 1130. The van der Waals surface area contributed by atoms with Gasteiger partial charge in [0.1, 0.15) is 6.61 Å². The second-order valence-electron chi connectivity index (χ2n) is 11.5. The first-order chi connectivity index (χ1) is 27.8. The summed E-state index contributed by atoms with van der Waals surface area (Å²) in [6.07, 6.45) is 2.92. The van der Waals surface area contributed by atoms with Gasteiger partial charge in [0.05, 0.1) is 152 Å². The molecule has 0 atom stereocenters. The highest BCUT2D eigenvalue weighted by atomic mass is 19.2. The average Bonchev–Trinajstić information content (AvgIpc) is 3.20. The molecular weight excluding hydrogens is 779 g/mol. The minimum atomic E-state index is -2.35. The highest BCUT2D eigenvalue weighted by Crippen LogP contribution is 2.29. The summed E-state index contributed by atoms with van der Waals surface area (Å²) in [7, 11) is 0. The molecule has 0 aliphatic rings. The van der Waals surface area contributed by atoms with E-state index in [1.54, 1.807) is 0 Å². The number of benzene rings is 1. The van der Waals surface area contributed by atoms with E-state index >= 15 is 0 Å². The Balaban J connectivity index is 1.71. The van der Waals surface area contributed by atoms with Crippen molar-refractivity contribution >= 4 is 11.9 Å². The maximum atomic E-state index is 13.6. The molecule has 0 N–H and O–H groups in total. The van der Waals surface area contributed by atoms with Crippen LogP contribution in [0.1, 0.15) is 39.0 Å². The number of hydrogen-bond donors (Lipinski definition) is 0. The molecule has 1 aromatic carbocycles. The van der Waals surface area contributed by atoms with Crippen LogP contribution >= 0.6 is 0 Å². The van der Waals surface area contributed by atoms with E-state index in [-0.39, 0.29) is 39.0 Å². The molecule has 1 rings (SSSR count). The number of carbonyl (C=O) groups is 2. The predicted molar refractivity (Wildman–Crippen MR) is 191 cm³/mol. The standard InChI is InChI=1S/C37H59F5O15/c1-2-3-4-5-30(43)56-29-28-55-27-26-54-25-24-53-23-22-52-21-20-51-19-18-50-17-16-49-15-14-48-13-12-47-11-10-46-9-8-45-7-6-31(44)57-37-35(41)33(39)32(38)34(40)36(37)42/h2-29H2,1H3. The fourth-order valence-electron chi connectivity index (χ4n) is 4.10. The SMILES string of the molecule is CCCCCC(=O)OCCOCCOCCOCCOCCOCCOCCOCCOCCOCCOCCOCCC(=O)Oc1c(F)c(F)c(F)c(F)c1F. The minimum absolute atomic E-state index is 0.0752. The van der Waals surface area contributed by atoms with Gasteiger partial charge in [-0.05, 0) is 6.42 Å². The molecule has 0 heterocycles. The normalized spacial score (nSPS) is 11.4.